The lowest BCUT2D eigenvalue weighted by Crippen LogP contribution is -2.32. The number of amides is 1. The number of rotatable bonds is 4. The zero-order valence-electron chi connectivity index (χ0n) is 13.0. The van der Waals surface area contributed by atoms with Crippen molar-refractivity contribution in [2.45, 2.75) is 25.3 Å². The summed E-state index contributed by atoms with van der Waals surface area (Å²) in [6.45, 7) is 0.613. The van der Waals surface area contributed by atoms with Crippen molar-refractivity contribution in [3.8, 4) is 0 Å². The summed E-state index contributed by atoms with van der Waals surface area (Å²) in [6, 6.07) is 12.4. The average Bonchev–Trinajstić information content (AvgIpc) is 3.05. The summed E-state index contributed by atoms with van der Waals surface area (Å²) in [5, 5.41) is 11.1. The van der Waals surface area contributed by atoms with Crippen LogP contribution in [0.3, 0.4) is 0 Å². The van der Waals surface area contributed by atoms with E-state index in [0.717, 1.165) is 18.4 Å². The summed E-state index contributed by atoms with van der Waals surface area (Å²) in [7, 11) is 0. The Morgan fingerprint density at radius 2 is 1.92 bits per heavy atom. The Morgan fingerprint density at radius 3 is 2.62 bits per heavy atom. The molecule has 0 aliphatic carbocycles. The van der Waals surface area contributed by atoms with Gasteiger partial charge in [-0.3, -0.25) is 14.9 Å². The SMILES string of the molecule is O=C(Cc1ccccc1[N+](=O)[O-])N1CCCC1c1ccc(F)cc1. The summed E-state index contributed by atoms with van der Waals surface area (Å²) in [5.74, 6) is -0.453. The van der Waals surface area contributed by atoms with Gasteiger partial charge in [0.2, 0.25) is 5.91 Å². The van der Waals surface area contributed by atoms with E-state index < -0.39 is 4.92 Å². The summed E-state index contributed by atoms with van der Waals surface area (Å²) >= 11 is 0. The third kappa shape index (κ3) is 3.27. The van der Waals surface area contributed by atoms with E-state index in [1.165, 1.54) is 18.2 Å². The van der Waals surface area contributed by atoms with E-state index >= 15 is 0 Å². The van der Waals surface area contributed by atoms with E-state index in [1.54, 1.807) is 35.2 Å². The van der Waals surface area contributed by atoms with E-state index in [1.807, 2.05) is 0 Å². The fourth-order valence-electron chi connectivity index (χ4n) is 3.20. The number of carbonyl (C=O) groups excluding carboxylic acids is 1. The van der Waals surface area contributed by atoms with Crippen molar-refractivity contribution in [2.24, 2.45) is 0 Å². The molecule has 124 valence electrons. The molecule has 3 rings (SSSR count). The number of para-hydroxylation sites is 1. The molecule has 1 atom stereocenters. The first kappa shape index (κ1) is 16.1. The lowest BCUT2D eigenvalue weighted by Gasteiger charge is -2.25. The van der Waals surface area contributed by atoms with Gasteiger partial charge in [-0.2, -0.15) is 0 Å². The second-order valence-electron chi connectivity index (χ2n) is 5.86. The van der Waals surface area contributed by atoms with Crippen LogP contribution in [0.5, 0.6) is 0 Å². The van der Waals surface area contributed by atoms with E-state index in [0.29, 0.717) is 12.1 Å². The Morgan fingerprint density at radius 1 is 1.21 bits per heavy atom. The molecule has 1 amide bonds. The van der Waals surface area contributed by atoms with E-state index in [-0.39, 0.29) is 29.9 Å². The van der Waals surface area contributed by atoms with Gasteiger partial charge in [-0.25, -0.2) is 4.39 Å². The molecule has 0 aromatic heterocycles. The highest BCUT2D eigenvalue weighted by Crippen LogP contribution is 2.33. The number of nitro benzene ring substituents is 1. The average molecular weight is 328 g/mol. The minimum absolute atomic E-state index is 0.00511. The summed E-state index contributed by atoms with van der Waals surface area (Å²) in [5.41, 5.74) is 1.27. The smallest absolute Gasteiger partial charge is 0.273 e. The minimum atomic E-state index is -0.468. The molecule has 6 heteroatoms. The number of nitrogens with zero attached hydrogens (tertiary/aromatic N) is 2. The van der Waals surface area contributed by atoms with Crippen LogP contribution in [-0.2, 0) is 11.2 Å². The van der Waals surface area contributed by atoms with Gasteiger partial charge in [0.15, 0.2) is 0 Å². The van der Waals surface area contributed by atoms with Crippen LogP contribution in [0.15, 0.2) is 48.5 Å². The number of carbonyl (C=O) groups is 1. The molecule has 2 aromatic carbocycles. The van der Waals surface area contributed by atoms with Crippen molar-refractivity contribution >= 4 is 11.6 Å². The molecule has 0 radical (unpaired) electrons. The van der Waals surface area contributed by atoms with Gasteiger partial charge in [-0.1, -0.05) is 30.3 Å². The highest BCUT2D eigenvalue weighted by atomic mass is 19.1. The van der Waals surface area contributed by atoms with Crippen LogP contribution in [-0.4, -0.2) is 22.3 Å². The molecule has 24 heavy (non-hydrogen) atoms. The third-order valence-corrected chi connectivity index (χ3v) is 4.36. The van der Waals surface area contributed by atoms with Crippen LogP contribution in [0.4, 0.5) is 10.1 Å². The van der Waals surface area contributed by atoms with E-state index in [9.17, 15) is 19.3 Å². The molecule has 1 heterocycles. The van der Waals surface area contributed by atoms with Crippen LogP contribution < -0.4 is 0 Å². The monoisotopic (exact) mass is 328 g/mol. The lowest BCUT2D eigenvalue weighted by atomic mass is 10.0. The maximum atomic E-state index is 13.1. The number of likely N-dealkylation sites (tertiary alicyclic amines) is 1. The summed E-state index contributed by atoms with van der Waals surface area (Å²) in [4.78, 5) is 25.0. The Balaban J connectivity index is 1.79. The zero-order chi connectivity index (χ0) is 17.1. The second kappa shape index (κ2) is 6.78. The highest BCUT2D eigenvalue weighted by Gasteiger charge is 2.30. The van der Waals surface area contributed by atoms with Crippen molar-refractivity contribution < 1.29 is 14.1 Å². The van der Waals surface area contributed by atoms with Crippen molar-refractivity contribution in [2.75, 3.05) is 6.54 Å². The van der Waals surface area contributed by atoms with E-state index in [2.05, 4.69) is 0 Å². The van der Waals surface area contributed by atoms with Gasteiger partial charge in [0.1, 0.15) is 5.82 Å². The first-order valence-corrected chi connectivity index (χ1v) is 7.83. The van der Waals surface area contributed by atoms with Gasteiger partial charge in [-0.15, -0.1) is 0 Å². The maximum Gasteiger partial charge on any atom is 0.273 e. The van der Waals surface area contributed by atoms with Crippen molar-refractivity contribution in [3.05, 3.63) is 75.6 Å². The fraction of sp³-hybridized carbons (Fsp3) is 0.278. The molecule has 0 spiro atoms. The number of hydrogen-bond donors (Lipinski definition) is 0. The van der Waals surface area contributed by atoms with Crippen LogP contribution in [0.25, 0.3) is 0 Å². The lowest BCUT2D eigenvalue weighted by molar-refractivity contribution is -0.385. The first-order valence-electron chi connectivity index (χ1n) is 7.83. The van der Waals surface area contributed by atoms with Crippen LogP contribution >= 0.6 is 0 Å². The fourth-order valence-corrected chi connectivity index (χ4v) is 3.20. The largest absolute Gasteiger partial charge is 0.335 e. The Bertz CT molecular complexity index is 761. The minimum Gasteiger partial charge on any atom is -0.335 e. The highest BCUT2D eigenvalue weighted by molar-refractivity contribution is 5.80. The number of hydrogen-bond acceptors (Lipinski definition) is 3. The molecule has 5 nitrogen and oxygen atoms in total. The van der Waals surface area contributed by atoms with Crippen LogP contribution in [0.2, 0.25) is 0 Å². The molecule has 1 saturated heterocycles. The predicted molar refractivity (Wildman–Crippen MR) is 86.9 cm³/mol. The van der Waals surface area contributed by atoms with Gasteiger partial charge < -0.3 is 4.90 Å². The van der Waals surface area contributed by atoms with Crippen LogP contribution in [0, 0.1) is 15.9 Å². The second-order valence-corrected chi connectivity index (χ2v) is 5.86. The Hall–Kier alpha value is -2.76. The van der Waals surface area contributed by atoms with Crippen molar-refractivity contribution in [1.29, 1.82) is 0 Å². The Labute approximate surface area is 138 Å². The molecule has 1 aliphatic rings. The molecule has 2 aromatic rings. The van der Waals surface area contributed by atoms with Gasteiger partial charge in [0.05, 0.1) is 17.4 Å². The molecule has 1 aliphatic heterocycles. The molecule has 0 N–H and O–H groups in total. The maximum absolute atomic E-state index is 13.1. The van der Waals surface area contributed by atoms with Gasteiger partial charge in [0, 0.05) is 18.2 Å². The first-order chi connectivity index (χ1) is 11.6. The van der Waals surface area contributed by atoms with Crippen molar-refractivity contribution in [1.82, 2.24) is 4.90 Å². The molecular formula is C18H17FN2O3. The third-order valence-electron chi connectivity index (χ3n) is 4.36. The molecule has 1 fully saturated rings. The number of halogens is 1. The summed E-state index contributed by atoms with van der Waals surface area (Å²) in [6.07, 6.45) is 1.67. The van der Waals surface area contributed by atoms with E-state index in [4.69, 9.17) is 0 Å². The predicted octanol–water partition coefficient (Wildman–Crippen LogP) is 3.64. The Kier molecular flexibility index (Phi) is 4.55. The molecule has 0 saturated carbocycles. The molecule has 0 bridgehead atoms. The van der Waals surface area contributed by atoms with Gasteiger partial charge in [-0.05, 0) is 30.5 Å². The quantitative estimate of drug-likeness (QED) is 0.636. The number of nitro groups is 1. The van der Waals surface area contributed by atoms with Gasteiger partial charge in [0.25, 0.3) is 5.69 Å². The topological polar surface area (TPSA) is 63.4 Å². The summed E-state index contributed by atoms with van der Waals surface area (Å²) < 4.78 is 13.1. The van der Waals surface area contributed by atoms with Crippen molar-refractivity contribution in [3.63, 3.8) is 0 Å². The number of benzene rings is 2. The standard InChI is InChI=1S/C18H17FN2O3/c19-15-9-7-13(8-10-15)16-6-3-11-20(16)18(22)12-14-4-1-2-5-17(14)21(23)24/h1-2,4-5,7-10,16H,3,6,11-12H2. The molecular weight excluding hydrogens is 311 g/mol. The molecule has 1 unspecified atom stereocenters. The normalized spacial score (nSPS) is 17.0. The zero-order valence-corrected chi connectivity index (χ0v) is 13.0. The van der Waals surface area contributed by atoms with Gasteiger partial charge >= 0.3 is 0 Å². The van der Waals surface area contributed by atoms with Crippen LogP contribution in [0.1, 0.15) is 30.0 Å².